The van der Waals surface area contributed by atoms with Crippen molar-refractivity contribution in [2.45, 2.75) is 51.0 Å². The van der Waals surface area contributed by atoms with Gasteiger partial charge in [0, 0.05) is 6.54 Å². The van der Waals surface area contributed by atoms with Crippen LogP contribution in [0.5, 0.6) is 0 Å². The Balaban J connectivity index is 1.97. The fourth-order valence-corrected chi connectivity index (χ4v) is 3.18. The molecule has 1 saturated heterocycles. The van der Waals surface area contributed by atoms with Crippen molar-refractivity contribution in [3.05, 3.63) is 0 Å². The maximum atomic E-state index is 10.6. The van der Waals surface area contributed by atoms with Crippen molar-refractivity contribution in [3.63, 3.8) is 0 Å². The van der Waals surface area contributed by atoms with Crippen LogP contribution in [0.3, 0.4) is 0 Å². The van der Waals surface area contributed by atoms with Gasteiger partial charge in [-0.05, 0) is 44.1 Å². The van der Waals surface area contributed by atoms with Gasteiger partial charge in [-0.3, -0.25) is 0 Å². The van der Waals surface area contributed by atoms with Crippen LogP contribution in [0.4, 0.5) is 0 Å². The van der Waals surface area contributed by atoms with E-state index in [2.05, 4.69) is 12.2 Å². The van der Waals surface area contributed by atoms with Crippen molar-refractivity contribution in [2.75, 3.05) is 13.1 Å². The standard InChI is InChI=1S/C12H23NO/c1-10-4-2-5-11(8-10)12(14)6-3-7-13-9-12/h10-11,13-14H,2-9H2,1H3. The second kappa shape index (κ2) is 4.19. The summed E-state index contributed by atoms with van der Waals surface area (Å²) in [6, 6.07) is 0. The van der Waals surface area contributed by atoms with Crippen LogP contribution in [0.25, 0.3) is 0 Å². The van der Waals surface area contributed by atoms with Crippen molar-refractivity contribution in [1.29, 1.82) is 0 Å². The zero-order valence-corrected chi connectivity index (χ0v) is 9.26. The third-order valence-corrected chi connectivity index (χ3v) is 4.09. The number of aliphatic hydroxyl groups is 1. The number of hydrogen-bond acceptors (Lipinski definition) is 2. The normalized spacial score (nSPS) is 45.0. The van der Waals surface area contributed by atoms with Crippen LogP contribution < -0.4 is 5.32 Å². The van der Waals surface area contributed by atoms with E-state index < -0.39 is 0 Å². The molecule has 2 heteroatoms. The molecule has 3 atom stereocenters. The van der Waals surface area contributed by atoms with Gasteiger partial charge in [-0.1, -0.05) is 19.8 Å². The Morgan fingerprint density at radius 3 is 2.79 bits per heavy atom. The van der Waals surface area contributed by atoms with Gasteiger partial charge in [0.15, 0.2) is 0 Å². The number of hydrogen-bond donors (Lipinski definition) is 2. The molecule has 2 aliphatic rings. The fourth-order valence-electron chi connectivity index (χ4n) is 3.18. The Hall–Kier alpha value is -0.0800. The highest BCUT2D eigenvalue weighted by molar-refractivity contribution is 4.93. The summed E-state index contributed by atoms with van der Waals surface area (Å²) in [4.78, 5) is 0. The quantitative estimate of drug-likeness (QED) is 0.673. The van der Waals surface area contributed by atoms with Gasteiger partial charge in [-0.15, -0.1) is 0 Å². The Kier molecular flexibility index (Phi) is 3.13. The molecular weight excluding hydrogens is 174 g/mol. The topological polar surface area (TPSA) is 32.3 Å². The Labute approximate surface area is 87.1 Å². The third-order valence-electron chi connectivity index (χ3n) is 4.09. The Morgan fingerprint density at radius 1 is 1.29 bits per heavy atom. The van der Waals surface area contributed by atoms with Crippen LogP contribution in [0, 0.1) is 11.8 Å². The van der Waals surface area contributed by atoms with E-state index in [4.69, 9.17) is 0 Å². The molecule has 0 spiro atoms. The van der Waals surface area contributed by atoms with Gasteiger partial charge in [0.2, 0.25) is 0 Å². The lowest BCUT2D eigenvalue weighted by Crippen LogP contribution is -2.51. The number of nitrogens with one attached hydrogen (secondary N) is 1. The molecule has 0 aromatic carbocycles. The van der Waals surface area contributed by atoms with Gasteiger partial charge >= 0.3 is 0 Å². The molecule has 2 fully saturated rings. The van der Waals surface area contributed by atoms with Crippen molar-refractivity contribution >= 4 is 0 Å². The van der Waals surface area contributed by atoms with E-state index in [1.165, 1.54) is 25.7 Å². The first-order valence-corrected chi connectivity index (χ1v) is 6.14. The highest BCUT2D eigenvalue weighted by Crippen LogP contribution is 2.38. The fraction of sp³-hybridized carbons (Fsp3) is 1.00. The first kappa shape index (κ1) is 10.4. The summed E-state index contributed by atoms with van der Waals surface area (Å²) in [6.07, 6.45) is 7.30. The molecule has 2 N–H and O–H groups in total. The molecule has 0 aromatic rings. The van der Waals surface area contributed by atoms with Crippen molar-refractivity contribution in [2.24, 2.45) is 11.8 Å². The van der Waals surface area contributed by atoms with E-state index in [-0.39, 0.29) is 5.60 Å². The highest BCUT2D eigenvalue weighted by atomic mass is 16.3. The summed E-state index contributed by atoms with van der Waals surface area (Å²) in [5.74, 6) is 1.37. The largest absolute Gasteiger partial charge is 0.388 e. The van der Waals surface area contributed by atoms with Crippen molar-refractivity contribution in [1.82, 2.24) is 5.32 Å². The molecule has 1 heterocycles. The van der Waals surface area contributed by atoms with Gasteiger partial charge in [0.25, 0.3) is 0 Å². The van der Waals surface area contributed by atoms with Gasteiger partial charge < -0.3 is 10.4 Å². The highest BCUT2D eigenvalue weighted by Gasteiger charge is 2.39. The van der Waals surface area contributed by atoms with E-state index >= 15 is 0 Å². The minimum absolute atomic E-state index is 0.382. The smallest absolute Gasteiger partial charge is 0.0800 e. The minimum atomic E-state index is -0.382. The lowest BCUT2D eigenvalue weighted by Gasteiger charge is -2.42. The Morgan fingerprint density at radius 2 is 2.14 bits per heavy atom. The van der Waals surface area contributed by atoms with Crippen LogP contribution in [0.2, 0.25) is 0 Å². The predicted molar refractivity (Wildman–Crippen MR) is 58.2 cm³/mol. The first-order valence-electron chi connectivity index (χ1n) is 6.14. The van der Waals surface area contributed by atoms with Crippen LogP contribution in [0.1, 0.15) is 45.4 Å². The van der Waals surface area contributed by atoms with Crippen LogP contribution in [0.15, 0.2) is 0 Å². The molecule has 14 heavy (non-hydrogen) atoms. The molecule has 0 aromatic heterocycles. The molecule has 3 unspecified atom stereocenters. The summed E-state index contributed by atoms with van der Waals surface area (Å²) in [6.45, 7) is 4.24. The number of rotatable bonds is 1. The van der Waals surface area contributed by atoms with Gasteiger partial charge in [0.1, 0.15) is 0 Å². The lowest BCUT2D eigenvalue weighted by atomic mass is 9.70. The average Bonchev–Trinajstić information content (AvgIpc) is 2.19. The van der Waals surface area contributed by atoms with Crippen molar-refractivity contribution < 1.29 is 5.11 Å². The van der Waals surface area contributed by atoms with Crippen molar-refractivity contribution in [3.8, 4) is 0 Å². The molecule has 82 valence electrons. The van der Waals surface area contributed by atoms with Crippen LogP contribution in [-0.2, 0) is 0 Å². The second-order valence-electron chi connectivity index (χ2n) is 5.35. The maximum Gasteiger partial charge on any atom is 0.0800 e. The predicted octanol–water partition coefficient (Wildman–Crippen LogP) is 1.93. The molecular formula is C12H23NO. The minimum Gasteiger partial charge on any atom is -0.388 e. The second-order valence-corrected chi connectivity index (χ2v) is 5.35. The Bertz CT molecular complexity index is 187. The first-order chi connectivity index (χ1) is 6.71. The van der Waals surface area contributed by atoms with E-state index in [1.807, 2.05) is 0 Å². The average molecular weight is 197 g/mol. The van der Waals surface area contributed by atoms with Gasteiger partial charge in [-0.2, -0.15) is 0 Å². The zero-order valence-electron chi connectivity index (χ0n) is 9.26. The van der Waals surface area contributed by atoms with Crippen LogP contribution in [-0.4, -0.2) is 23.8 Å². The zero-order chi connectivity index (χ0) is 10.0. The summed E-state index contributed by atoms with van der Waals surface area (Å²) < 4.78 is 0. The molecule has 1 aliphatic carbocycles. The molecule has 1 saturated carbocycles. The number of β-amino-alcohol motifs (C(OH)–C–C–N with tert-alkyl or cyclic N) is 1. The van der Waals surface area contributed by atoms with Crippen LogP contribution >= 0.6 is 0 Å². The monoisotopic (exact) mass is 197 g/mol. The molecule has 0 amide bonds. The summed E-state index contributed by atoms with van der Waals surface area (Å²) in [5.41, 5.74) is -0.382. The molecule has 2 nitrogen and oxygen atoms in total. The summed E-state index contributed by atoms with van der Waals surface area (Å²) in [7, 11) is 0. The summed E-state index contributed by atoms with van der Waals surface area (Å²) >= 11 is 0. The van der Waals surface area contributed by atoms with E-state index in [9.17, 15) is 5.11 Å². The lowest BCUT2D eigenvalue weighted by molar-refractivity contribution is -0.0563. The van der Waals surface area contributed by atoms with E-state index in [1.54, 1.807) is 0 Å². The maximum absolute atomic E-state index is 10.6. The third kappa shape index (κ3) is 2.12. The SMILES string of the molecule is CC1CCCC(C2(O)CCCNC2)C1. The van der Waals surface area contributed by atoms with E-state index in [0.29, 0.717) is 5.92 Å². The molecule has 0 bridgehead atoms. The van der Waals surface area contributed by atoms with Gasteiger partial charge in [0.05, 0.1) is 5.60 Å². The van der Waals surface area contributed by atoms with E-state index in [0.717, 1.165) is 31.8 Å². The van der Waals surface area contributed by atoms with Gasteiger partial charge in [-0.25, -0.2) is 0 Å². The molecule has 2 rings (SSSR count). The number of piperidine rings is 1. The molecule has 1 aliphatic heterocycles. The summed E-state index contributed by atoms with van der Waals surface area (Å²) in [5, 5.41) is 13.9. The molecule has 0 radical (unpaired) electrons.